The number of Topliss-reactive ketones (excluding diaryl/α,β-unsaturated/α-hetero) is 1. The van der Waals surface area contributed by atoms with Gasteiger partial charge in [-0.3, -0.25) is 4.79 Å². The topological polar surface area (TPSA) is 57.5 Å². The number of carbonyl (C=O) groups excluding carboxylic acids is 1. The van der Waals surface area contributed by atoms with Crippen LogP contribution in [-0.2, 0) is 4.79 Å². The van der Waals surface area contributed by atoms with Crippen molar-refractivity contribution in [2.75, 3.05) is 13.3 Å². The molecule has 2 N–H and O–H groups in total. The zero-order valence-corrected chi connectivity index (χ0v) is 16.3. The Kier molecular flexibility index (Phi) is 4.55. The average Bonchev–Trinajstić information content (AvgIpc) is 2.99. The van der Waals surface area contributed by atoms with Crippen molar-refractivity contribution in [3.63, 3.8) is 0 Å². The van der Waals surface area contributed by atoms with E-state index in [2.05, 4.69) is 13.8 Å². The number of rotatable bonds is 3. The van der Waals surface area contributed by atoms with Crippen LogP contribution >= 0.6 is 0 Å². The summed E-state index contributed by atoms with van der Waals surface area (Å²) in [6, 6.07) is 0. The van der Waals surface area contributed by atoms with Gasteiger partial charge in [0.2, 0.25) is 0 Å². The van der Waals surface area contributed by atoms with Gasteiger partial charge in [0.1, 0.15) is 13.3 Å². The molecular weight excluding hydrogens is 331 g/mol. The maximum atomic E-state index is 13.4. The zero-order chi connectivity index (χ0) is 18.7. The Balaban J connectivity index is 1.58. The second-order valence-electron chi connectivity index (χ2n) is 10.5. The van der Waals surface area contributed by atoms with Crippen molar-refractivity contribution >= 4 is 5.78 Å². The Morgan fingerprint density at radius 1 is 1.00 bits per heavy atom. The van der Waals surface area contributed by atoms with E-state index in [-0.39, 0.29) is 29.1 Å². The molecule has 4 saturated carbocycles. The summed E-state index contributed by atoms with van der Waals surface area (Å²) in [6.45, 7) is 3.78. The Labute approximate surface area is 156 Å². The summed E-state index contributed by atoms with van der Waals surface area (Å²) in [5.41, 5.74) is -0.824. The highest BCUT2D eigenvalue weighted by atomic mass is 19.1. The number of carbonyl (C=O) groups is 1. The Morgan fingerprint density at radius 3 is 2.42 bits per heavy atom. The quantitative estimate of drug-likeness (QED) is 0.796. The molecule has 8 atom stereocenters. The number of aliphatic hydroxyl groups is 2. The highest BCUT2D eigenvalue weighted by molar-refractivity contribution is 5.83. The molecule has 0 saturated heterocycles. The monoisotopic (exact) mass is 366 g/mol. The zero-order valence-electron chi connectivity index (χ0n) is 16.3. The predicted molar refractivity (Wildman–Crippen MR) is 98.2 cm³/mol. The Morgan fingerprint density at radius 2 is 1.73 bits per heavy atom. The molecule has 4 aliphatic rings. The van der Waals surface area contributed by atoms with Gasteiger partial charge < -0.3 is 10.2 Å². The maximum Gasteiger partial charge on any atom is 0.161 e. The highest BCUT2D eigenvalue weighted by Crippen LogP contribution is 2.68. The number of ketones is 1. The lowest BCUT2D eigenvalue weighted by atomic mass is 9.44. The molecule has 2 unspecified atom stereocenters. The summed E-state index contributed by atoms with van der Waals surface area (Å²) < 4.78 is 13.4. The van der Waals surface area contributed by atoms with Gasteiger partial charge in [0.05, 0.1) is 5.60 Å². The van der Waals surface area contributed by atoms with Crippen molar-refractivity contribution in [3.8, 4) is 0 Å². The second kappa shape index (κ2) is 6.27. The van der Waals surface area contributed by atoms with E-state index in [1.807, 2.05) is 0 Å². The van der Waals surface area contributed by atoms with Crippen molar-refractivity contribution in [2.45, 2.75) is 77.2 Å². The molecule has 4 heteroatoms. The lowest BCUT2D eigenvalue weighted by Gasteiger charge is -2.61. The summed E-state index contributed by atoms with van der Waals surface area (Å²) in [5, 5.41) is 19.9. The number of fused-ring (bicyclic) bond motifs is 5. The van der Waals surface area contributed by atoms with E-state index in [9.17, 15) is 19.4 Å². The van der Waals surface area contributed by atoms with E-state index in [0.29, 0.717) is 36.5 Å². The van der Waals surface area contributed by atoms with E-state index < -0.39 is 12.3 Å². The van der Waals surface area contributed by atoms with Gasteiger partial charge in [0.15, 0.2) is 5.78 Å². The van der Waals surface area contributed by atoms with Crippen molar-refractivity contribution in [2.24, 2.45) is 40.4 Å². The SMILES string of the molecule is C[C@]12CC[C@H]3[C@@H](CCC4CC(O)(CF)CC[C@@]43C)[C@@H]1CC[C@@H]2C(=O)CO. The molecular formula is C22H35FO3. The average molecular weight is 367 g/mol. The second-order valence-corrected chi connectivity index (χ2v) is 10.5. The molecule has 0 aliphatic heterocycles. The van der Waals surface area contributed by atoms with Gasteiger partial charge in [-0.15, -0.1) is 0 Å². The first-order valence-electron chi connectivity index (χ1n) is 10.7. The molecule has 4 aliphatic carbocycles. The first kappa shape index (κ1) is 18.9. The van der Waals surface area contributed by atoms with Crippen LogP contribution in [0.25, 0.3) is 0 Å². The van der Waals surface area contributed by atoms with Crippen LogP contribution in [0.1, 0.15) is 71.6 Å². The van der Waals surface area contributed by atoms with Gasteiger partial charge in [0, 0.05) is 5.92 Å². The molecule has 0 spiro atoms. The van der Waals surface area contributed by atoms with Gasteiger partial charge in [-0.25, -0.2) is 4.39 Å². The van der Waals surface area contributed by atoms with Gasteiger partial charge in [0.25, 0.3) is 0 Å². The largest absolute Gasteiger partial charge is 0.389 e. The fraction of sp³-hybridized carbons (Fsp3) is 0.955. The van der Waals surface area contributed by atoms with E-state index in [1.165, 1.54) is 0 Å². The van der Waals surface area contributed by atoms with Crippen LogP contribution in [0.4, 0.5) is 4.39 Å². The lowest BCUT2D eigenvalue weighted by Crippen LogP contribution is -2.56. The standard InChI is InChI=1S/C22H35FO3/c1-20-9-10-22(26,13-23)11-14(20)3-4-15-16-5-6-18(19(25)12-24)21(16,2)8-7-17(15)20/h14-18,24,26H,3-13H2,1-2H3/t14?,15-,16-,17-,18+,20-,21-,22?/m0/s1. The minimum Gasteiger partial charge on any atom is -0.389 e. The fourth-order valence-electron chi connectivity index (χ4n) is 8.08. The summed E-state index contributed by atoms with van der Waals surface area (Å²) in [7, 11) is 0. The number of alkyl halides is 1. The van der Waals surface area contributed by atoms with Crippen LogP contribution in [-0.4, -0.2) is 34.9 Å². The number of hydrogen-bond donors (Lipinski definition) is 2. The summed E-state index contributed by atoms with van der Waals surface area (Å²) in [4.78, 5) is 12.3. The van der Waals surface area contributed by atoms with E-state index in [4.69, 9.17) is 0 Å². The Bertz CT molecular complexity index is 580. The molecule has 0 heterocycles. The first-order chi connectivity index (χ1) is 12.3. The van der Waals surface area contributed by atoms with Crippen LogP contribution in [0.3, 0.4) is 0 Å². The van der Waals surface area contributed by atoms with Crippen molar-refractivity contribution in [1.82, 2.24) is 0 Å². The molecule has 4 rings (SSSR count). The molecule has 0 aromatic rings. The highest BCUT2D eigenvalue weighted by Gasteiger charge is 2.62. The molecule has 0 amide bonds. The predicted octanol–water partition coefficient (Wildman–Crippen LogP) is 3.91. The number of aliphatic hydroxyl groups excluding tert-OH is 1. The Hall–Kier alpha value is -0.480. The van der Waals surface area contributed by atoms with Gasteiger partial charge >= 0.3 is 0 Å². The van der Waals surface area contributed by atoms with Crippen LogP contribution in [0.15, 0.2) is 0 Å². The van der Waals surface area contributed by atoms with E-state index >= 15 is 0 Å². The van der Waals surface area contributed by atoms with Crippen molar-refractivity contribution in [3.05, 3.63) is 0 Å². The van der Waals surface area contributed by atoms with Gasteiger partial charge in [-0.05, 0) is 92.3 Å². The minimum absolute atomic E-state index is 0.0342. The van der Waals surface area contributed by atoms with Crippen LogP contribution in [0.5, 0.6) is 0 Å². The lowest BCUT2D eigenvalue weighted by molar-refractivity contribution is -0.157. The summed E-state index contributed by atoms with van der Waals surface area (Å²) in [6.07, 6.45) is 8.66. The molecule has 26 heavy (non-hydrogen) atoms. The van der Waals surface area contributed by atoms with Gasteiger partial charge in [-0.1, -0.05) is 13.8 Å². The summed E-state index contributed by atoms with van der Waals surface area (Å²) >= 11 is 0. The number of halogens is 1. The first-order valence-corrected chi connectivity index (χ1v) is 10.7. The van der Waals surface area contributed by atoms with Crippen molar-refractivity contribution < 1.29 is 19.4 Å². The van der Waals surface area contributed by atoms with Crippen LogP contribution < -0.4 is 0 Å². The fourth-order valence-corrected chi connectivity index (χ4v) is 8.08. The third kappa shape index (κ3) is 2.54. The molecule has 0 bridgehead atoms. The minimum atomic E-state index is -1.09. The van der Waals surface area contributed by atoms with E-state index in [1.54, 1.807) is 0 Å². The molecule has 0 aromatic carbocycles. The molecule has 0 aromatic heterocycles. The third-order valence-electron chi connectivity index (χ3n) is 9.61. The molecule has 0 radical (unpaired) electrons. The van der Waals surface area contributed by atoms with Gasteiger partial charge in [-0.2, -0.15) is 0 Å². The van der Waals surface area contributed by atoms with Crippen molar-refractivity contribution in [1.29, 1.82) is 0 Å². The van der Waals surface area contributed by atoms with Crippen LogP contribution in [0, 0.1) is 40.4 Å². The van der Waals surface area contributed by atoms with Crippen LogP contribution in [0.2, 0.25) is 0 Å². The normalized spacial score (nSPS) is 53.5. The molecule has 148 valence electrons. The summed E-state index contributed by atoms with van der Waals surface area (Å²) in [5.74, 6) is 2.39. The maximum absolute atomic E-state index is 13.4. The number of hydrogen-bond acceptors (Lipinski definition) is 3. The van der Waals surface area contributed by atoms with E-state index in [0.717, 1.165) is 44.9 Å². The molecule has 3 nitrogen and oxygen atoms in total. The third-order valence-corrected chi connectivity index (χ3v) is 9.61. The smallest absolute Gasteiger partial charge is 0.161 e. The molecule has 4 fully saturated rings.